The SMILES string of the molecule is O=C(COC(=O)c1ccco1)NCCC(c1ccccc1)c1ccccc1. The zero-order valence-corrected chi connectivity index (χ0v) is 14.8. The van der Waals surface area contributed by atoms with Crippen LogP contribution in [0.15, 0.2) is 83.5 Å². The van der Waals surface area contributed by atoms with Crippen LogP contribution in [0.25, 0.3) is 0 Å². The van der Waals surface area contributed by atoms with Gasteiger partial charge in [0.05, 0.1) is 6.26 Å². The molecule has 0 fully saturated rings. The predicted octanol–water partition coefficient (Wildman–Crippen LogP) is 3.77. The van der Waals surface area contributed by atoms with Crippen molar-refractivity contribution in [3.63, 3.8) is 0 Å². The molecule has 0 unspecified atom stereocenters. The Bertz CT molecular complexity index is 805. The molecule has 0 spiro atoms. The highest BCUT2D eigenvalue weighted by molar-refractivity contribution is 5.88. The molecule has 0 bridgehead atoms. The van der Waals surface area contributed by atoms with Crippen molar-refractivity contribution in [3.8, 4) is 0 Å². The first kappa shape index (κ1) is 18.5. The Kier molecular flexibility index (Phi) is 6.41. The van der Waals surface area contributed by atoms with Crippen LogP contribution in [-0.4, -0.2) is 25.0 Å². The third-order valence-electron chi connectivity index (χ3n) is 4.22. The van der Waals surface area contributed by atoms with E-state index in [0.717, 1.165) is 6.42 Å². The van der Waals surface area contributed by atoms with Crippen LogP contribution >= 0.6 is 0 Å². The monoisotopic (exact) mass is 363 g/mol. The summed E-state index contributed by atoms with van der Waals surface area (Å²) in [6.07, 6.45) is 2.12. The van der Waals surface area contributed by atoms with Crippen LogP contribution in [0.3, 0.4) is 0 Å². The minimum Gasteiger partial charge on any atom is -0.457 e. The third-order valence-corrected chi connectivity index (χ3v) is 4.22. The van der Waals surface area contributed by atoms with Crippen LogP contribution in [0.2, 0.25) is 0 Å². The maximum absolute atomic E-state index is 12.0. The minimum atomic E-state index is -0.651. The molecule has 0 saturated heterocycles. The quantitative estimate of drug-likeness (QED) is 0.619. The molecule has 27 heavy (non-hydrogen) atoms. The van der Waals surface area contributed by atoms with Gasteiger partial charge in [0.2, 0.25) is 5.76 Å². The van der Waals surface area contributed by atoms with Gasteiger partial charge in [-0.1, -0.05) is 60.7 Å². The molecule has 0 radical (unpaired) electrons. The fourth-order valence-electron chi connectivity index (χ4n) is 2.90. The summed E-state index contributed by atoms with van der Waals surface area (Å²) in [4.78, 5) is 23.6. The van der Waals surface area contributed by atoms with Gasteiger partial charge in [0.25, 0.3) is 5.91 Å². The van der Waals surface area contributed by atoms with Crippen molar-refractivity contribution in [2.24, 2.45) is 0 Å². The Balaban J connectivity index is 1.52. The summed E-state index contributed by atoms with van der Waals surface area (Å²) < 4.78 is 9.86. The van der Waals surface area contributed by atoms with Crippen LogP contribution in [0.1, 0.15) is 34.0 Å². The van der Waals surface area contributed by atoms with Crippen molar-refractivity contribution in [1.29, 1.82) is 0 Å². The molecular weight excluding hydrogens is 342 g/mol. The zero-order chi connectivity index (χ0) is 18.9. The average Bonchev–Trinajstić information content (AvgIpc) is 3.26. The molecule has 138 valence electrons. The number of amides is 1. The molecule has 3 rings (SSSR count). The van der Waals surface area contributed by atoms with E-state index in [2.05, 4.69) is 29.6 Å². The van der Waals surface area contributed by atoms with Crippen LogP contribution in [-0.2, 0) is 9.53 Å². The number of esters is 1. The lowest BCUT2D eigenvalue weighted by Gasteiger charge is -2.18. The number of furan rings is 1. The number of hydrogen-bond donors (Lipinski definition) is 1. The van der Waals surface area contributed by atoms with E-state index in [1.54, 1.807) is 6.07 Å². The van der Waals surface area contributed by atoms with E-state index < -0.39 is 5.97 Å². The van der Waals surface area contributed by atoms with Gasteiger partial charge >= 0.3 is 5.97 Å². The van der Waals surface area contributed by atoms with Gasteiger partial charge in [-0.05, 0) is 29.7 Å². The molecule has 3 aromatic rings. The number of ether oxygens (including phenoxy) is 1. The molecule has 1 aromatic heterocycles. The first-order valence-electron chi connectivity index (χ1n) is 8.81. The molecule has 0 aliphatic rings. The van der Waals surface area contributed by atoms with Gasteiger partial charge < -0.3 is 14.5 Å². The lowest BCUT2D eigenvalue weighted by molar-refractivity contribution is -0.124. The van der Waals surface area contributed by atoms with Crippen molar-refractivity contribution < 1.29 is 18.7 Å². The Morgan fingerprint density at radius 3 is 2.07 bits per heavy atom. The molecule has 1 N–H and O–H groups in total. The number of carbonyl (C=O) groups is 2. The molecule has 0 saturated carbocycles. The second-order valence-corrected chi connectivity index (χ2v) is 6.07. The fourth-order valence-corrected chi connectivity index (χ4v) is 2.90. The molecule has 0 atom stereocenters. The van der Waals surface area contributed by atoms with Crippen molar-refractivity contribution in [2.75, 3.05) is 13.2 Å². The van der Waals surface area contributed by atoms with Gasteiger partial charge in [0, 0.05) is 12.5 Å². The Labute approximate surface area is 158 Å². The highest BCUT2D eigenvalue weighted by Gasteiger charge is 2.15. The van der Waals surface area contributed by atoms with Crippen LogP contribution in [0.4, 0.5) is 0 Å². The van der Waals surface area contributed by atoms with Gasteiger partial charge in [-0.2, -0.15) is 0 Å². The zero-order valence-electron chi connectivity index (χ0n) is 14.8. The van der Waals surface area contributed by atoms with E-state index in [1.807, 2.05) is 36.4 Å². The van der Waals surface area contributed by atoms with E-state index >= 15 is 0 Å². The molecule has 2 aromatic carbocycles. The number of rotatable bonds is 8. The molecule has 1 amide bonds. The lowest BCUT2D eigenvalue weighted by Crippen LogP contribution is -2.30. The van der Waals surface area contributed by atoms with Gasteiger partial charge in [-0.15, -0.1) is 0 Å². The molecule has 5 nitrogen and oxygen atoms in total. The summed E-state index contributed by atoms with van der Waals surface area (Å²) in [5.41, 5.74) is 2.39. The number of nitrogens with one attached hydrogen (secondary N) is 1. The van der Waals surface area contributed by atoms with Gasteiger partial charge in [-0.25, -0.2) is 4.79 Å². The van der Waals surface area contributed by atoms with Crippen molar-refractivity contribution >= 4 is 11.9 Å². The normalized spacial score (nSPS) is 10.6. The predicted molar refractivity (Wildman–Crippen MR) is 101 cm³/mol. The minimum absolute atomic E-state index is 0.0796. The molecule has 0 aliphatic carbocycles. The number of hydrogen-bond acceptors (Lipinski definition) is 4. The van der Waals surface area contributed by atoms with Crippen molar-refractivity contribution in [3.05, 3.63) is 95.9 Å². The summed E-state index contributed by atoms with van der Waals surface area (Å²) in [5.74, 6) is -0.731. The number of carbonyl (C=O) groups excluding carboxylic acids is 2. The third kappa shape index (κ3) is 5.31. The summed E-state index contributed by atoms with van der Waals surface area (Å²) in [7, 11) is 0. The average molecular weight is 363 g/mol. The fraction of sp³-hybridized carbons (Fsp3) is 0.182. The van der Waals surface area contributed by atoms with Crippen LogP contribution < -0.4 is 5.32 Å². The van der Waals surface area contributed by atoms with E-state index in [1.165, 1.54) is 23.5 Å². The first-order valence-corrected chi connectivity index (χ1v) is 8.81. The van der Waals surface area contributed by atoms with Crippen molar-refractivity contribution in [2.45, 2.75) is 12.3 Å². The maximum Gasteiger partial charge on any atom is 0.374 e. The largest absolute Gasteiger partial charge is 0.457 e. The topological polar surface area (TPSA) is 68.5 Å². The van der Waals surface area contributed by atoms with Crippen molar-refractivity contribution in [1.82, 2.24) is 5.32 Å². The van der Waals surface area contributed by atoms with Gasteiger partial charge in [0.15, 0.2) is 6.61 Å². The molecular formula is C22H21NO4. The molecule has 1 heterocycles. The van der Waals surface area contributed by atoms with E-state index in [4.69, 9.17) is 9.15 Å². The second kappa shape index (κ2) is 9.38. The van der Waals surface area contributed by atoms with Gasteiger partial charge in [0.1, 0.15) is 0 Å². The summed E-state index contributed by atoms with van der Waals surface area (Å²) in [6, 6.07) is 23.5. The maximum atomic E-state index is 12.0. The Hall–Kier alpha value is -3.34. The molecule has 5 heteroatoms. The van der Waals surface area contributed by atoms with E-state index in [-0.39, 0.29) is 24.2 Å². The standard InChI is InChI=1S/C22H21NO4/c24-21(16-27-22(25)20-12-7-15-26-20)23-14-13-19(17-8-3-1-4-9-17)18-10-5-2-6-11-18/h1-12,15,19H,13-14,16H2,(H,23,24). The highest BCUT2D eigenvalue weighted by Crippen LogP contribution is 2.27. The summed E-state index contributed by atoms with van der Waals surface area (Å²) >= 11 is 0. The van der Waals surface area contributed by atoms with E-state index in [9.17, 15) is 9.59 Å². The second-order valence-electron chi connectivity index (χ2n) is 6.07. The highest BCUT2D eigenvalue weighted by atomic mass is 16.5. The van der Waals surface area contributed by atoms with Crippen LogP contribution in [0, 0.1) is 0 Å². The summed E-state index contributed by atoms with van der Waals surface area (Å²) in [6.45, 7) is 0.145. The first-order chi connectivity index (χ1) is 13.2. The smallest absolute Gasteiger partial charge is 0.374 e. The van der Waals surface area contributed by atoms with E-state index in [0.29, 0.717) is 6.54 Å². The number of benzene rings is 2. The lowest BCUT2D eigenvalue weighted by atomic mass is 9.88. The molecule has 0 aliphatic heterocycles. The summed E-state index contributed by atoms with van der Waals surface area (Å²) in [5, 5.41) is 2.81. The van der Waals surface area contributed by atoms with Gasteiger partial charge in [-0.3, -0.25) is 4.79 Å². The van der Waals surface area contributed by atoms with Crippen LogP contribution in [0.5, 0.6) is 0 Å². The Morgan fingerprint density at radius 1 is 0.889 bits per heavy atom. The Morgan fingerprint density at radius 2 is 1.52 bits per heavy atom.